The first kappa shape index (κ1) is 16.4. The Morgan fingerprint density at radius 1 is 1.24 bits per heavy atom. The van der Waals surface area contributed by atoms with Gasteiger partial charge in [0.25, 0.3) is 0 Å². The Kier molecular flexibility index (Phi) is 5.14. The second-order valence-corrected chi connectivity index (χ2v) is 6.75. The molecule has 0 unspecified atom stereocenters. The Bertz CT molecular complexity index is 685. The van der Waals surface area contributed by atoms with Crippen LogP contribution in [0.5, 0.6) is 11.5 Å². The molecule has 1 saturated heterocycles. The molecule has 1 N–H and O–H groups in total. The molecule has 5 heteroatoms. The smallest absolute Gasteiger partial charge is 0.137 e. The monoisotopic (exact) mass is 339 g/mol. The Balaban J connectivity index is 1.30. The molecule has 2 aromatic rings. The van der Waals surface area contributed by atoms with Gasteiger partial charge in [0, 0.05) is 44.5 Å². The molecule has 0 amide bonds. The summed E-state index contributed by atoms with van der Waals surface area (Å²) in [5.41, 5.74) is 2.63. The van der Waals surface area contributed by atoms with Crippen LogP contribution in [-0.4, -0.2) is 42.2 Å². The van der Waals surface area contributed by atoms with Crippen molar-refractivity contribution in [2.24, 2.45) is 0 Å². The number of piperidine rings is 1. The Labute approximate surface area is 149 Å². The molecule has 2 aliphatic heterocycles. The molecule has 25 heavy (non-hydrogen) atoms. The van der Waals surface area contributed by atoms with Crippen LogP contribution in [0.4, 0.5) is 0 Å². The average molecular weight is 339 g/mol. The number of hydrogen-bond acceptors (Lipinski definition) is 5. The van der Waals surface area contributed by atoms with E-state index in [4.69, 9.17) is 9.47 Å². The number of nitrogens with one attached hydrogen (secondary N) is 1. The van der Waals surface area contributed by atoms with Crippen molar-refractivity contribution in [3.63, 3.8) is 0 Å². The first-order chi connectivity index (χ1) is 12.4. The van der Waals surface area contributed by atoms with Crippen LogP contribution in [0.15, 0.2) is 42.7 Å². The molecule has 1 fully saturated rings. The fourth-order valence-corrected chi connectivity index (χ4v) is 3.52. The van der Waals surface area contributed by atoms with Gasteiger partial charge in [0.15, 0.2) is 0 Å². The molecule has 1 aromatic carbocycles. The van der Waals surface area contributed by atoms with Crippen LogP contribution < -0.4 is 14.8 Å². The van der Waals surface area contributed by atoms with E-state index in [0.29, 0.717) is 6.10 Å². The average Bonchev–Trinajstić information content (AvgIpc) is 2.89. The molecule has 0 aliphatic carbocycles. The van der Waals surface area contributed by atoms with Crippen molar-refractivity contribution in [3.8, 4) is 11.5 Å². The molecule has 0 radical (unpaired) electrons. The fraction of sp³-hybridized carbons (Fsp3) is 0.450. The Morgan fingerprint density at radius 3 is 3.00 bits per heavy atom. The summed E-state index contributed by atoms with van der Waals surface area (Å²) in [6.45, 7) is 5.68. The topological polar surface area (TPSA) is 46.6 Å². The lowest BCUT2D eigenvalue weighted by Crippen LogP contribution is -2.37. The zero-order chi connectivity index (χ0) is 16.9. The molecule has 0 saturated carbocycles. The highest BCUT2D eigenvalue weighted by Gasteiger charge is 2.21. The van der Waals surface area contributed by atoms with Crippen LogP contribution in [0, 0.1) is 0 Å². The predicted octanol–water partition coefficient (Wildman–Crippen LogP) is 2.61. The van der Waals surface area contributed by atoms with E-state index in [1.54, 1.807) is 12.4 Å². The number of hydrogen-bond donors (Lipinski definition) is 1. The van der Waals surface area contributed by atoms with Gasteiger partial charge < -0.3 is 14.8 Å². The lowest BCUT2D eigenvalue weighted by atomic mass is 10.0. The van der Waals surface area contributed by atoms with Gasteiger partial charge in [-0.2, -0.15) is 0 Å². The van der Waals surface area contributed by atoms with Gasteiger partial charge in [-0.1, -0.05) is 6.07 Å². The van der Waals surface area contributed by atoms with Crippen molar-refractivity contribution in [1.29, 1.82) is 0 Å². The zero-order valence-corrected chi connectivity index (χ0v) is 14.5. The maximum absolute atomic E-state index is 6.03. The number of fused-ring (bicyclic) bond motifs is 1. The lowest BCUT2D eigenvalue weighted by Gasteiger charge is -2.32. The van der Waals surface area contributed by atoms with Gasteiger partial charge in [-0.25, -0.2) is 0 Å². The summed E-state index contributed by atoms with van der Waals surface area (Å²) in [5.74, 6) is 1.90. The van der Waals surface area contributed by atoms with Gasteiger partial charge in [-0.3, -0.25) is 9.88 Å². The van der Waals surface area contributed by atoms with E-state index in [1.807, 2.05) is 12.1 Å². The third kappa shape index (κ3) is 4.30. The number of benzene rings is 1. The molecular weight excluding hydrogens is 314 g/mol. The predicted molar refractivity (Wildman–Crippen MR) is 96.8 cm³/mol. The summed E-state index contributed by atoms with van der Waals surface area (Å²) in [6.07, 6.45) is 5.98. The van der Waals surface area contributed by atoms with Gasteiger partial charge >= 0.3 is 0 Å². The SMILES string of the molecule is c1cncc(OC2CCN(Cc3ccc4c(c3)CNCCO4)CC2)c1. The van der Waals surface area contributed by atoms with Gasteiger partial charge in [0.2, 0.25) is 0 Å². The molecule has 0 bridgehead atoms. The summed E-state index contributed by atoms with van der Waals surface area (Å²) in [4.78, 5) is 6.62. The van der Waals surface area contributed by atoms with E-state index in [1.165, 1.54) is 11.1 Å². The summed E-state index contributed by atoms with van der Waals surface area (Å²) in [7, 11) is 0. The lowest BCUT2D eigenvalue weighted by molar-refractivity contribution is 0.0965. The molecule has 132 valence electrons. The fourth-order valence-electron chi connectivity index (χ4n) is 3.52. The highest BCUT2D eigenvalue weighted by Crippen LogP contribution is 2.24. The standard InChI is InChI=1S/C20H25N3O2/c1-2-19(14-21-7-1)25-18-5-9-23(10-6-18)15-16-3-4-20-17(12-16)13-22-8-11-24-20/h1-4,7,12,14,18,22H,5-6,8-11,13,15H2. The quantitative estimate of drug-likeness (QED) is 0.928. The van der Waals surface area contributed by atoms with E-state index in [0.717, 1.165) is 63.7 Å². The van der Waals surface area contributed by atoms with Gasteiger partial charge in [0.05, 0.1) is 6.20 Å². The molecule has 0 atom stereocenters. The highest BCUT2D eigenvalue weighted by molar-refractivity contribution is 5.37. The second kappa shape index (κ2) is 7.85. The number of likely N-dealkylation sites (tertiary alicyclic amines) is 1. The maximum atomic E-state index is 6.03. The van der Waals surface area contributed by atoms with E-state index < -0.39 is 0 Å². The minimum Gasteiger partial charge on any atom is -0.492 e. The van der Waals surface area contributed by atoms with Crippen LogP contribution in [0.25, 0.3) is 0 Å². The number of pyridine rings is 1. The normalized spacial score (nSPS) is 18.9. The molecular formula is C20H25N3O2. The maximum Gasteiger partial charge on any atom is 0.137 e. The van der Waals surface area contributed by atoms with Gasteiger partial charge in [-0.15, -0.1) is 0 Å². The zero-order valence-electron chi connectivity index (χ0n) is 14.5. The Hall–Kier alpha value is -2.11. The van der Waals surface area contributed by atoms with E-state index in [9.17, 15) is 0 Å². The second-order valence-electron chi connectivity index (χ2n) is 6.75. The summed E-state index contributed by atoms with van der Waals surface area (Å²) < 4.78 is 11.8. The van der Waals surface area contributed by atoms with Crippen molar-refractivity contribution in [1.82, 2.24) is 15.2 Å². The van der Waals surface area contributed by atoms with Crippen molar-refractivity contribution in [3.05, 3.63) is 53.9 Å². The van der Waals surface area contributed by atoms with Crippen molar-refractivity contribution in [2.45, 2.75) is 32.0 Å². The third-order valence-electron chi connectivity index (χ3n) is 4.85. The first-order valence-electron chi connectivity index (χ1n) is 9.11. The summed E-state index contributed by atoms with van der Waals surface area (Å²) in [5, 5.41) is 3.40. The minimum atomic E-state index is 0.296. The van der Waals surface area contributed by atoms with E-state index in [-0.39, 0.29) is 0 Å². The summed E-state index contributed by atoms with van der Waals surface area (Å²) in [6, 6.07) is 10.5. The van der Waals surface area contributed by atoms with Crippen molar-refractivity contribution < 1.29 is 9.47 Å². The van der Waals surface area contributed by atoms with E-state index in [2.05, 4.69) is 33.4 Å². The van der Waals surface area contributed by atoms with E-state index >= 15 is 0 Å². The highest BCUT2D eigenvalue weighted by atomic mass is 16.5. The number of rotatable bonds is 4. The van der Waals surface area contributed by atoms with Crippen molar-refractivity contribution >= 4 is 0 Å². The summed E-state index contributed by atoms with van der Waals surface area (Å²) >= 11 is 0. The third-order valence-corrected chi connectivity index (χ3v) is 4.85. The van der Waals surface area contributed by atoms with Gasteiger partial charge in [0.1, 0.15) is 24.2 Å². The first-order valence-corrected chi connectivity index (χ1v) is 9.11. The minimum absolute atomic E-state index is 0.296. The van der Waals surface area contributed by atoms with Crippen LogP contribution >= 0.6 is 0 Å². The number of aromatic nitrogens is 1. The van der Waals surface area contributed by atoms with Crippen molar-refractivity contribution in [2.75, 3.05) is 26.2 Å². The molecule has 0 spiro atoms. The molecule has 4 rings (SSSR count). The largest absolute Gasteiger partial charge is 0.492 e. The van der Waals surface area contributed by atoms with Crippen LogP contribution in [0.1, 0.15) is 24.0 Å². The van der Waals surface area contributed by atoms with Crippen LogP contribution in [0.3, 0.4) is 0 Å². The number of nitrogens with zero attached hydrogens (tertiary/aromatic N) is 2. The molecule has 1 aromatic heterocycles. The number of ether oxygens (including phenoxy) is 2. The van der Waals surface area contributed by atoms with Crippen LogP contribution in [-0.2, 0) is 13.1 Å². The van der Waals surface area contributed by atoms with Crippen LogP contribution in [0.2, 0.25) is 0 Å². The molecule has 2 aliphatic rings. The molecule has 3 heterocycles. The Morgan fingerprint density at radius 2 is 2.16 bits per heavy atom. The molecule has 5 nitrogen and oxygen atoms in total. The van der Waals surface area contributed by atoms with Gasteiger partial charge in [-0.05, 0) is 42.7 Å².